The fourth-order valence-corrected chi connectivity index (χ4v) is 2.89. The van der Waals surface area contributed by atoms with Crippen LogP contribution in [0.15, 0.2) is 96.7 Å². The van der Waals surface area contributed by atoms with Crippen molar-refractivity contribution in [1.29, 1.82) is 0 Å². The summed E-state index contributed by atoms with van der Waals surface area (Å²) in [4.78, 5) is 37.2. The van der Waals surface area contributed by atoms with Gasteiger partial charge in [-0.1, -0.05) is 60.7 Å². The van der Waals surface area contributed by atoms with E-state index in [1.54, 1.807) is 43.3 Å². The van der Waals surface area contributed by atoms with Crippen molar-refractivity contribution < 1.29 is 19.1 Å². The third-order valence-corrected chi connectivity index (χ3v) is 4.49. The van der Waals surface area contributed by atoms with E-state index < -0.39 is 17.8 Å². The van der Waals surface area contributed by atoms with Gasteiger partial charge in [-0.05, 0) is 54.5 Å². The van der Waals surface area contributed by atoms with Gasteiger partial charge in [0.15, 0.2) is 0 Å². The summed E-state index contributed by atoms with van der Waals surface area (Å²) in [7, 11) is 0. The van der Waals surface area contributed by atoms with Crippen LogP contribution >= 0.6 is 0 Å². The highest BCUT2D eigenvalue weighted by atomic mass is 16.5. The summed E-state index contributed by atoms with van der Waals surface area (Å²) in [5.74, 6) is -1.37. The van der Waals surface area contributed by atoms with Crippen LogP contribution in [0.5, 0.6) is 0 Å². The number of carbonyl (C=O) groups excluding carboxylic acids is 3. The second kappa shape index (κ2) is 11.8. The van der Waals surface area contributed by atoms with Crippen LogP contribution in [0.4, 0.5) is 5.69 Å². The molecule has 0 aliphatic carbocycles. The molecule has 0 fully saturated rings. The van der Waals surface area contributed by atoms with Gasteiger partial charge in [0, 0.05) is 11.8 Å². The molecule has 3 aromatic carbocycles. The van der Waals surface area contributed by atoms with Gasteiger partial charge >= 0.3 is 5.97 Å². The highest BCUT2D eigenvalue weighted by molar-refractivity contribution is 6.10. The SMILES string of the molecule is CCOC(=O)c1ccc(NC(=O)/C(=C/c2ccccc2)NC(=O)/C=C/c2ccccc2)cc1. The Bertz CT molecular complexity index is 1150. The number of hydrogen-bond acceptors (Lipinski definition) is 4. The molecule has 2 N–H and O–H groups in total. The largest absolute Gasteiger partial charge is 0.462 e. The third kappa shape index (κ3) is 7.33. The van der Waals surface area contributed by atoms with E-state index >= 15 is 0 Å². The number of rotatable bonds is 8. The number of anilines is 1. The molecule has 0 bridgehead atoms. The monoisotopic (exact) mass is 440 g/mol. The molecule has 0 saturated heterocycles. The molecule has 0 aliphatic rings. The number of amides is 2. The van der Waals surface area contributed by atoms with Crippen LogP contribution in [0, 0.1) is 0 Å². The smallest absolute Gasteiger partial charge is 0.338 e. The van der Waals surface area contributed by atoms with Crippen LogP contribution in [-0.2, 0) is 14.3 Å². The maximum atomic E-state index is 12.9. The van der Waals surface area contributed by atoms with Gasteiger partial charge in [-0.3, -0.25) is 9.59 Å². The molecule has 3 rings (SSSR count). The summed E-state index contributed by atoms with van der Waals surface area (Å²) in [6, 6.07) is 24.9. The third-order valence-electron chi connectivity index (χ3n) is 4.49. The Morgan fingerprint density at radius 3 is 2.03 bits per heavy atom. The second-order valence-electron chi connectivity index (χ2n) is 6.95. The molecular formula is C27H24N2O4. The minimum atomic E-state index is -0.496. The first-order valence-electron chi connectivity index (χ1n) is 10.4. The Hall–Kier alpha value is -4.45. The first-order chi connectivity index (χ1) is 16.0. The van der Waals surface area contributed by atoms with E-state index in [9.17, 15) is 14.4 Å². The molecule has 0 spiro atoms. The maximum Gasteiger partial charge on any atom is 0.338 e. The molecule has 6 nitrogen and oxygen atoms in total. The lowest BCUT2D eigenvalue weighted by Crippen LogP contribution is -2.29. The molecule has 3 aromatic rings. The van der Waals surface area contributed by atoms with Crippen LogP contribution in [0.2, 0.25) is 0 Å². The van der Waals surface area contributed by atoms with Crippen molar-refractivity contribution in [1.82, 2.24) is 5.32 Å². The zero-order valence-corrected chi connectivity index (χ0v) is 18.2. The van der Waals surface area contributed by atoms with Crippen molar-refractivity contribution in [3.05, 3.63) is 113 Å². The lowest BCUT2D eigenvalue weighted by atomic mass is 10.1. The van der Waals surface area contributed by atoms with Gasteiger partial charge in [0.25, 0.3) is 5.91 Å². The molecule has 0 unspecified atom stereocenters. The summed E-state index contributed by atoms with van der Waals surface area (Å²) >= 11 is 0. The first kappa shape index (κ1) is 23.2. The zero-order chi connectivity index (χ0) is 23.5. The van der Waals surface area contributed by atoms with Crippen LogP contribution in [-0.4, -0.2) is 24.4 Å². The van der Waals surface area contributed by atoms with Gasteiger partial charge in [-0.2, -0.15) is 0 Å². The maximum absolute atomic E-state index is 12.9. The molecule has 0 aromatic heterocycles. The first-order valence-corrected chi connectivity index (χ1v) is 10.4. The van der Waals surface area contributed by atoms with E-state index in [1.165, 1.54) is 6.08 Å². The molecule has 0 atom stereocenters. The Morgan fingerprint density at radius 2 is 1.42 bits per heavy atom. The quantitative estimate of drug-likeness (QED) is 0.394. The van der Waals surface area contributed by atoms with Crippen molar-refractivity contribution in [3.63, 3.8) is 0 Å². The Morgan fingerprint density at radius 1 is 0.818 bits per heavy atom. The molecule has 0 aliphatic heterocycles. The van der Waals surface area contributed by atoms with E-state index in [-0.39, 0.29) is 12.3 Å². The van der Waals surface area contributed by atoms with Crippen molar-refractivity contribution in [2.24, 2.45) is 0 Å². The van der Waals surface area contributed by atoms with E-state index in [1.807, 2.05) is 60.7 Å². The molecule has 0 radical (unpaired) electrons. The highest BCUT2D eigenvalue weighted by Crippen LogP contribution is 2.13. The predicted molar refractivity (Wildman–Crippen MR) is 129 cm³/mol. The number of ether oxygens (including phenoxy) is 1. The zero-order valence-electron chi connectivity index (χ0n) is 18.2. The topological polar surface area (TPSA) is 84.5 Å². The molecule has 166 valence electrons. The van der Waals surface area contributed by atoms with Gasteiger partial charge in [-0.15, -0.1) is 0 Å². The Labute approximate surface area is 192 Å². The van der Waals surface area contributed by atoms with Gasteiger partial charge in [0.2, 0.25) is 5.91 Å². The number of carbonyl (C=O) groups is 3. The number of esters is 1. The average molecular weight is 440 g/mol. The lowest BCUT2D eigenvalue weighted by Gasteiger charge is -2.11. The normalized spacial score (nSPS) is 11.1. The minimum Gasteiger partial charge on any atom is -0.462 e. The van der Waals surface area contributed by atoms with Crippen molar-refractivity contribution >= 4 is 35.6 Å². The molecule has 2 amide bonds. The van der Waals surface area contributed by atoms with Crippen molar-refractivity contribution in [2.75, 3.05) is 11.9 Å². The summed E-state index contributed by atoms with van der Waals surface area (Å²) in [6.45, 7) is 2.01. The van der Waals surface area contributed by atoms with Crippen LogP contribution in [0.1, 0.15) is 28.4 Å². The molecule has 6 heteroatoms. The lowest BCUT2D eigenvalue weighted by molar-refractivity contribution is -0.118. The average Bonchev–Trinajstić information content (AvgIpc) is 2.84. The molecular weight excluding hydrogens is 416 g/mol. The van der Waals surface area contributed by atoms with Crippen LogP contribution in [0.3, 0.4) is 0 Å². The van der Waals surface area contributed by atoms with Gasteiger partial charge in [0.05, 0.1) is 12.2 Å². The van der Waals surface area contributed by atoms with E-state index in [4.69, 9.17) is 4.74 Å². The number of nitrogens with one attached hydrogen (secondary N) is 2. The fraction of sp³-hybridized carbons (Fsp3) is 0.0741. The predicted octanol–water partition coefficient (Wildman–Crippen LogP) is 4.67. The van der Waals surface area contributed by atoms with Crippen LogP contribution < -0.4 is 10.6 Å². The molecule has 33 heavy (non-hydrogen) atoms. The molecule has 0 saturated carbocycles. The Kier molecular flexibility index (Phi) is 8.31. The van der Waals surface area contributed by atoms with Gasteiger partial charge < -0.3 is 15.4 Å². The number of benzene rings is 3. The Balaban J connectivity index is 1.75. The summed E-state index contributed by atoms with van der Waals surface area (Å²) < 4.78 is 4.96. The second-order valence-corrected chi connectivity index (χ2v) is 6.95. The van der Waals surface area contributed by atoms with Gasteiger partial charge in [0.1, 0.15) is 5.70 Å². The standard InChI is InChI=1S/C27H24N2O4/c1-2-33-27(32)22-14-16-23(17-15-22)28-26(31)24(19-21-11-7-4-8-12-21)29-25(30)18-13-20-9-5-3-6-10-20/h3-19H,2H2,1H3,(H,28,31)(H,29,30)/b18-13+,24-19-. The summed E-state index contributed by atoms with van der Waals surface area (Å²) in [5.41, 5.74) is 2.56. The van der Waals surface area contributed by atoms with E-state index in [2.05, 4.69) is 10.6 Å². The van der Waals surface area contributed by atoms with E-state index in [0.717, 1.165) is 11.1 Å². The van der Waals surface area contributed by atoms with E-state index in [0.29, 0.717) is 11.3 Å². The summed E-state index contributed by atoms with van der Waals surface area (Å²) in [5, 5.41) is 5.39. The fourth-order valence-electron chi connectivity index (χ4n) is 2.89. The number of hydrogen-bond donors (Lipinski definition) is 2. The van der Waals surface area contributed by atoms with Crippen molar-refractivity contribution in [3.8, 4) is 0 Å². The van der Waals surface area contributed by atoms with Gasteiger partial charge in [-0.25, -0.2) is 4.79 Å². The minimum absolute atomic E-state index is 0.0818. The van der Waals surface area contributed by atoms with Crippen molar-refractivity contribution in [2.45, 2.75) is 6.92 Å². The van der Waals surface area contributed by atoms with Crippen LogP contribution in [0.25, 0.3) is 12.2 Å². The summed E-state index contributed by atoms with van der Waals surface area (Å²) in [6.07, 6.45) is 4.63. The highest BCUT2D eigenvalue weighted by Gasteiger charge is 2.13. The molecule has 0 heterocycles.